The maximum atomic E-state index is 12.2. The van der Waals surface area contributed by atoms with E-state index in [1.54, 1.807) is 0 Å². The maximum absolute atomic E-state index is 12.2. The number of fused-ring (bicyclic) bond motifs is 2. The predicted molar refractivity (Wildman–Crippen MR) is 137 cm³/mol. The van der Waals surface area contributed by atoms with E-state index in [0.29, 0.717) is 19.8 Å². The second kappa shape index (κ2) is 12.0. The summed E-state index contributed by atoms with van der Waals surface area (Å²) in [6.45, 7) is 3.17. The number of rotatable bonds is 11. The number of nitrogens with one attached hydrogen (secondary N) is 1. The second-order valence-electron chi connectivity index (χ2n) is 9.55. The van der Waals surface area contributed by atoms with Gasteiger partial charge in [0.15, 0.2) is 6.29 Å². The third kappa shape index (κ3) is 6.26. The largest absolute Gasteiger partial charge is 0.374 e. The Morgan fingerprint density at radius 2 is 1.38 bits per heavy atom. The average Bonchev–Trinajstić information content (AvgIpc) is 3.31. The summed E-state index contributed by atoms with van der Waals surface area (Å²) in [6, 6.07) is 29.4. The van der Waals surface area contributed by atoms with Gasteiger partial charge in [0.25, 0.3) is 0 Å². The van der Waals surface area contributed by atoms with Crippen LogP contribution in [-0.4, -0.2) is 49.3 Å². The van der Waals surface area contributed by atoms with Gasteiger partial charge in [-0.3, -0.25) is 4.79 Å². The monoisotopic (exact) mass is 503 g/mol. The third-order valence-corrected chi connectivity index (χ3v) is 6.69. The molecule has 3 aromatic carbocycles. The zero-order chi connectivity index (χ0) is 25.5. The molecule has 0 spiro atoms. The maximum Gasteiger partial charge on any atom is 0.217 e. The highest BCUT2D eigenvalue weighted by molar-refractivity contribution is 5.73. The van der Waals surface area contributed by atoms with Crippen LogP contribution in [0.25, 0.3) is 0 Å². The number of ether oxygens (including phenoxy) is 5. The third-order valence-electron chi connectivity index (χ3n) is 6.69. The molecule has 0 aromatic heterocycles. The highest BCUT2D eigenvalue weighted by Gasteiger charge is 2.61. The van der Waals surface area contributed by atoms with Crippen molar-refractivity contribution < 1.29 is 28.5 Å². The molecule has 2 aliphatic rings. The van der Waals surface area contributed by atoms with E-state index >= 15 is 0 Å². The molecular weight excluding hydrogens is 470 g/mol. The zero-order valence-electron chi connectivity index (χ0n) is 21.0. The second-order valence-corrected chi connectivity index (χ2v) is 9.55. The molecule has 0 aliphatic carbocycles. The van der Waals surface area contributed by atoms with E-state index in [2.05, 4.69) is 5.32 Å². The van der Waals surface area contributed by atoms with Gasteiger partial charge in [-0.05, 0) is 16.7 Å². The Balaban J connectivity index is 1.40. The standard InChI is InChI=1S/C30H33NO6/c1-22(32)31-26-27(34-18-24-13-7-3-8-14-24)28(35-19-25-15-9-4-10-16-25)30(21-36-29(26)37-30)20-33-17-23-11-5-2-6-12-23/h2-16,26-29H,17-21H2,1H3,(H,31,32)/t26-,27-,28-,29+,30+/m1/s1. The molecule has 194 valence electrons. The molecule has 7 nitrogen and oxygen atoms in total. The first-order chi connectivity index (χ1) is 18.1. The molecule has 1 N–H and O–H groups in total. The Hall–Kier alpha value is -3.07. The molecule has 0 saturated carbocycles. The van der Waals surface area contributed by atoms with Crippen molar-refractivity contribution in [2.45, 2.75) is 56.9 Å². The van der Waals surface area contributed by atoms with Gasteiger partial charge in [-0.25, -0.2) is 0 Å². The Labute approximate surface area is 217 Å². The lowest BCUT2D eigenvalue weighted by Gasteiger charge is -2.46. The number of benzene rings is 3. The van der Waals surface area contributed by atoms with Crippen LogP contribution in [0.1, 0.15) is 23.6 Å². The molecule has 2 bridgehead atoms. The van der Waals surface area contributed by atoms with Crippen molar-refractivity contribution >= 4 is 5.91 Å². The van der Waals surface area contributed by atoms with Crippen molar-refractivity contribution in [1.29, 1.82) is 0 Å². The topological polar surface area (TPSA) is 75.3 Å². The fraction of sp³-hybridized carbons (Fsp3) is 0.367. The summed E-state index contributed by atoms with van der Waals surface area (Å²) in [4.78, 5) is 12.2. The minimum Gasteiger partial charge on any atom is -0.374 e. The first-order valence-electron chi connectivity index (χ1n) is 12.6. The van der Waals surface area contributed by atoms with Crippen LogP contribution < -0.4 is 5.32 Å². The Kier molecular flexibility index (Phi) is 8.28. The Bertz CT molecular complexity index is 1130. The van der Waals surface area contributed by atoms with Crippen LogP contribution in [0, 0.1) is 0 Å². The van der Waals surface area contributed by atoms with Crippen LogP contribution in [0.15, 0.2) is 91.0 Å². The number of hydrogen-bond donors (Lipinski definition) is 1. The van der Waals surface area contributed by atoms with Crippen molar-refractivity contribution in [3.05, 3.63) is 108 Å². The molecule has 0 unspecified atom stereocenters. The normalized spacial score (nSPS) is 26.6. The van der Waals surface area contributed by atoms with Crippen LogP contribution in [0.3, 0.4) is 0 Å². The number of carbonyl (C=O) groups excluding carboxylic acids is 1. The van der Waals surface area contributed by atoms with E-state index in [1.807, 2.05) is 91.0 Å². The summed E-state index contributed by atoms with van der Waals surface area (Å²) in [6.07, 6.45) is -1.74. The molecule has 1 amide bonds. The summed E-state index contributed by atoms with van der Waals surface area (Å²) in [5.41, 5.74) is 2.24. The summed E-state index contributed by atoms with van der Waals surface area (Å²) in [5, 5.41) is 2.99. The van der Waals surface area contributed by atoms with Crippen molar-refractivity contribution in [3.63, 3.8) is 0 Å². The summed E-state index contributed by atoms with van der Waals surface area (Å²) >= 11 is 0. The fourth-order valence-corrected chi connectivity index (χ4v) is 4.91. The molecule has 37 heavy (non-hydrogen) atoms. The Morgan fingerprint density at radius 1 is 0.838 bits per heavy atom. The lowest BCUT2D eigenvalue weighted by Crippen LogP contribution is -2.67. The van der Waals surface area contributed by atoms with Gasteiger partial charge in [-0.1, -0.05) is 91.0 Å². The minimum atomic E-state index is -0.884. The number of amides is 1. The van der Waals surface area contributed by atoms with Gasteiger partial charge < -0.3 is 29.0 Å². The van der Waals surface area contributed by atoms with E-state index in [1.165, 1.54) is 6.92 Å². The highest BCUT2D eigenvalue weighted by Crippen LogP contribution is 2.41. The SMILES string of the molecule is CC(=O)N[C@H]1[C@H]2OC[C@](COCc3ccccc3)(O2)[C@H](OCc2ccccc2)[C@@H]1OCc1ccccc1. The van der Waals surface area contributed by atoms with Crippen molar-refractivity contribution in [2.24, 2.45) is 0 Å². The molecule has 2 heterocycles. The molecular formula is C30H33NO6. The highest BCUT2D eigenvalue weighted by atomic mass is 16.8. The van der Waals surface area contributed by atoms with Crippen molar-refractivity contribution in [2.75, 3.05) is 13.2 Å². The molecule has 5 rings (SSSR count). The van der Waals surface area contributed by atoms with Crippen molar-refractivity contribution in [3.8, 4) is 0 Å². The van der Waals surface area contributed by atoms with Crippen LogP contribution in [0.2, 0.25) is 0 Å². The van der Waals surface area contributed by atoms with E-state index in [0.717, 1.165) is 16.7 Å². The smallest absolute Gasteiger partial charge is 0.217 e. The van der Waals surface area contributed by atoms with Crippen LogP contribution in [-0.2, 0) is 48.3 Å². The molecule has 2 fully saturated rings. The number of hydrogen-bond acceptors (Lipinski definition) is 6. The average molecular weight is 504 g/mol. The first kappa shape index (κ1) is 25.6. The lowest BCUT2D eigenvalue weighted by atomic mass is 9.87. The summed E-state index contributed by atoms with van der Waals surface area (Å²) in [7, 11) is 0. The van der Waals surface area contributed by atoms with E-state index < -0.39 is 30.1 Å². The first-order valence-corrected chi connectivity index (χ1v) is 12.6. The van der Waals surface area contributed by atoms with Crippen LogP contribution in [0.5, 0.6) is 0 Å². The zero-order valence-corrected chi connectivity index (χ0v) is 21.0. The van der Waals surface area contributed by atoms with Gasteiger partial charge in [-0.15, -0.1) is 0 Å². The van der Waals surface area contributed by atoms with Gasteiger partial charge in [0.1, 0.15) is 23.9 Å². The van der Waals surface area contributed by atoms with E-state index in [4.69, 9.17) is 23.7 Å². The molecule has 0 radical (unpaired) electrons. The lowest BCUT2D eigenvalue weighted by molar-refractivity contribution is -0.263. The molecule has 3 aromatic rings. The van der Waals surface area contributed by atoms with Crippen LogP contribution in [0.4, 0.5) is 0 Å². The molecule has 2 aliphatic heterocycles. The fourth-order valence-electron chi connectivity index (χ4n) is 4.91. The van der Waals surface area contributed by atoms with E-state index in [9.17, 15) is 4.79 Å². The number of carbonyl (C=O) groups is 1. The summed E-state index contributed by atoms with van der Waals surface area (Å²) in [5.74, 6) is -0.188. The molecule has 7 heteroatoms. The molecule has 5 atom stereocenters. The predicted octanol–water partition coefficient (Wildman–Crippen LogP) is 4.00. The molecule has 2 saturated heterocycles. The van der Waals surface area contributed by atoms with Crippen molar-refractivity contribution in [1.82, 2.24) is 5.32 Å². The van der Waals surface area contributed by atoms with Gasteiger partial charge in [0.2, 0.25) is 5.91 Å². The van der Waals surface area contributed by atoms with Crippen LogP contribution >= 0.6 is 0 Å². The Morgan fingerprint density at radius 3 is 1.95 bits per heavy atom. The minimum absolute atomic E-state index is 0.188. The van der Waals surface area contributed by atoms with Gasteiger partial charge in [0, 0.05) is 6.92 Å². The van der Waals surface area contributed by atoms with E-state index in [-0.39, 0.29) is 19.1 Å². The van der Waals surface area contributed by atoms with Gasteiger partial charge in [-0.2, -0.15) is 0 Å². The summed E-state index contributed by atoms with van der Waals surface area (Å²) < 4.78 is 31.8. The quantitative estimate of drug-likeness (QED) is 0.426. The van der Waals surface area contributed by atoms with Gasteiger partial charge in [0.05, 0.1) is 33.0 Å². The van der Waals surface area contributed by atoms with Gasteiger partial charge >= 0.3 is 0 Å².